The first-order chi connectivity index (χ1) is 18.1. The van der Waals surface area contributed by atoms with Gasteiger partial charge in [-0.3, -0.25) is 10.4 Å². The second-order valence-electron chi connectivity index (χ2n) is 9.20. The number of nitrogens with one attached hydrogen (secondary N) is 2. The molecule has 10 nitrogen and oxygen atoms in total. The van der Waals surface area contributed by atoms with Crippen LogP contribution in [0.2, 0.25) is 10.0 Å². The first kappa shape index (κ1) is 27.4. The van der Waals surface area contributed by atoms with E-state index in [-0.39, 0.29) is 11.3 Å². The van der Waals surface area contributed by atoms with E-state index in [0.717, 1.165) is 0 Å². The lowest BCUT2D eigenvalue weighted by Gasteiger charge is -2.48. The van der Waals surface area contributed by atoms with E-state index in [9.17, 15) is 5.26 Å². The summed E-state index contributed by atoms with van der Waals surface area (Å²) in [5.74, 6) is 1.25. The molecule has 38 heavy (non-hydrogen) atoms. The Labute approximate surface area is 231 Å². The molecule has 0 bridgehead atoms. The molecule has 1 saturated heterocycles. The molecule has 0 radical (unpaired) electrons. The number of methoxy groups -OCH3 is 1. The van der Waals surface area contributed by atoms with Crippen molar-refractivity contribution in [2.45, 2.75) is 18.6 Å². The van der Waals surface area contributed by atoms with Crippen molar-refractivity contribution in [2.75, 3.05) is 44.4 Å². The average Bonchev–Trinajstić information content (AvgIpc) is 2.87. The van der Waals surface area contributed by atoms with Crippen LogP contribution in [0.15, 0.2) is 36.8 Å². The standard InChI is InChI=1S/C26H28Cl2N8O2/c1-14(23-18(27)9-34-10-19(23)28)38-22-5-17(20(30)6-21(22)37-3)24(31)16-4-15(7-29)25(35-8-16)36-12-26(32,13-36)11-33-2/h4-6,8-10,14,31,33H,11-13,30,32H2,1-3H3/t14-/m1/s1. The molecule has 1 aliphatic rings. The topological polar surface area (TPSA) is 159 Å². The zero-order valence-electron chi connectivity index (χ0n) is 21.2. The number of hydrogen-bond acceptors (Lipinski definition) is 10. The Bertz CT molecular complexity index is 1400. The number of aromatic nitrogens is 2. The van der Waals surface area contributed by atoms with Crippen molar-refractivity contribution in [1.29, 1.82) is 10.7 Å². The van der Waals surface area contributed by atoms with Crippen LogP contribution in [0.1, 0.15) is 35.3 Å². The number of likely N-dealkylation sites (N-methyl/N-ethyl adjacent to an activating group) is 1. The zero-order valence-corrected chi connectivity index (χ0v) is 22.7. The SMILES string of the molecule is CNCC1(N)CN(c2ncc(C(=N)c3cc(O[C@H](C)c4c(Cl)cncc4Cl)c(OC)cc3N)cc2C#N)C1. The summed E-state index contributed by atoms with van der Waals surface area (Å²) in [7, 11) is 3.34. The van der Waals surface area contributed by atoms with E-state index >= 15 is 0 Å². The Morgan fingerprint density at radius 2 is 1.92 bits per heavy atom. The molecule has 6 N–H and O–H groups in total. The number of nitrogens with zero attached hydrogens (tertiary/aromatic N) is 4. The van der Waals surface area contributed by atoms with Crippen molar-refractivity contribution in [3.63, 3.8) is 0 Å². The third kappa shape index (κ3) is 5.33. The summed E-state index contributed by atoms with van der Waals surface area (Å²) in [6.45, 7) is 3.59. The lowest BCUT2D eigenvalue weighted by molar-refractivity contribution is 0.216. The molecule has 3 aromatic rings. The summed E-state index contributed by atoms with van der Waals surface area (Å²) < 4.78 is 11.6. The highest BCUT2D eigenvalue weighted by Crippen LogP contribution is 2.39. The van der Waals surface area contributed by atoms with E-state index in [2.05, 4.69) is 21.4 Å². The molecule has 3 heterocycles. The molecule has 0 amide bonds. The molecule has 198 valence electrons. The first-order valence-electron chi connectivity index (χ1n) is 11.7. The van der Waals surface area contributed by atoms with Gasteiger partial charge in [0.2, 0.25) is 0 Å². The molecule has 4 rings (SSSR count). The van der Waals surface area contributed by atoms with Gasteiger partial charge in [0.25, 0.3) is 0 Å². The molecule has 0 spiro atoms. The minimum absolute atomic E-state index is 0.0742. The number of nitriles is 1. The second kappa shape index (κ2) is 11.0. The van der Waals surface area contributed by atoms with Gasteiger partial charge in [-0.1, -0.05) is 23.2 Å². The summed E-state index contributed by atoms with van der Waals surface area (Å²) in [5, 5.41) is 22.5. The number of hydrogen-bond donors (Lipinski definition) is 4. The van der Waals surface area contributed by atoms with Crippen molar-refractivity contribution >= 4 is 40.4 Å². The Morgan fingerprint density at radius 1 is 1.24 bits per heavy atom. The van der Waals surface area contributed by atoms with Gasteiger partial charge in [0.15, 0.2) is 11.5 Å². The maximum atomic E-state index is 9.80. The molecule has 2 aromatic heterocycles. The summed E-state index contributed by atoms with van der Waals surface area (Å²) in [4.78, 5) is 10.4. The van der Waals surface area contributed by atoms with Gasteiger partial charge in [0.05, 0.1) is 34.0 Å². The van der Waals surface area contributed by atoms with Gasteiger partial charge in [-0.05, 0) is 26.1 Å². The van der Waals surface area contributed by atoms with Crippen molar-refractivity contribution < 1.29 is 9.47 Å². The van der Waals surface area contributed by atoms with E-state index in [4.69, 9.17) is 49.6 Å². The monoisotopic (exact) mass is 554 g/mol. The van der Waals surface area contributed by atoms with Crippen LogP contribution >= 0.6 is 23.2 Å². The number of benzene rings is 1. The molecule has 1 fully saturated rings. The van der Waals surface area contributed by atoms with E-state index in [1.165, 1.54) is 19.5 Å². The Kier molecular flexibility index (Phi) is 7.94. The largest absolute Gasteiger partial charge is 0.493 e. The van der Waals surface area contributed by atoms with Gasteiger partial charge >= 0.3 is 0 Å². The predicted molar refractivity (Wildman–Crippen MR) is 149 cm³/mol. The third-order valence-electron chi connectivity index (χ3n) is 6.32. The van der Waals surface area contributed by atoms with Crippen LogP contribution in [-0.2, 0) is 0 Å². The fourth-order valence-electron chi connectivity index (χ4n) is 4.51. The van der Waals surface area contributed by atoms with Crippen molar-refractivity contribution in [3.05, 3.63) is 69.1 Å². The highest BCUT2D eigenvalue weighted by Gasteiger charge is 2.40. The van der Waals surface area contributed by atoms with E-state index in [1.54, 1.807) is 31.3 Å². The summed E-state index contributed by atoms with van der Waals surface area (Å²) >= 11 is 12.6. The Balaban J connectivity index is 1.63. The van der Waals surface area contributed by atoms with Gasteiger partial charge in [-0.2, -0.15) is 5.26 Å². The third-order valence-corrected chi connectivity index (χ3v) is 6.92. The summed E-state index contributed by atoms with van der Waals surface area (Å²) in [6, 6.07) is 7.01. The number of pyridine rings is 2. The van der Waals surface area contributed by atoms with Crippen LogP contribution in [0.5, 0.6) is 11.5 Å². The highest BCUT2D eigenvalue weighted by molar-refractivity contribution is 6.35. The number of nitrogens with two attached hydrogens (primary N) is 2. The normalized spacial score (nSPS) is 14.8. The number of ether oxygens (including phenoxy) is 2. The number of anilines is 2. The lowest BCUT2D eigenvalue weighted by Crippen LogP contribution is -2.71. The van der Waals surface area contributed by atoms with Crippen molar-refractivity contribution in [1.82, 2.24) is 15.3 Å². The maximum absolute atomic E-state index is 9.80. The molecular formula is C26H28Cl2N8O2. The van der Waals surface area contributed by atoms with Crippen LogP contribution in [0.4, 0.5) is 11.5 Å². The predicted octanol–water partition coefficient (Wildman–Crippen LogP) is 3.54. The summed E-state index contributed by atoms with van der Waals surface area (Å²) in [6.07, 6.45) is 3.97. The number of rotatable bonds is 9. The minimum Gasteiger partial charge on any atom is -0.493 e. The second-order valence-corrected chi connectivity index (χ2v) is 10.0. The Hall–Kier alpha value is -3.62. The fraction of sp³-hybridized carbons (Fsp3) is 0.308. The van der Waals surface area contributed by atoms with E-state index < -0.39 is 6.10 Å². The molecule has 0 saturated carbocycles. The number of halogens is 2. The molecule has 0 aliphatic carbocycles. The highest BCUT2D eigenvalue weighted by atomic mass is 35.5. The Morgan fingerprint density at radius 3 is 2.53 bits per heavy atom. The van der Waals surface area contributed by atoms with Gasteiger partial charge in [0.1, 0.15) is 18.0 Å². The van der Waals surface area contributed by atoms with E-state index in [1.807, 2.05) is 11.9 Å². The smallest absolute Gasteiger partial charge is 0.162 e. The average molecular weight is 555 g/mol. The first-order valence-corrected chi connectivity index (χ1v) is 12.5. The number of nitrogen functional groups attached to an aromatic ring is 1. The van der Waals surface area contributed by atoms with Crippen LogP contribution in [0.3, 0.4) is 0 Å². The quantitative estimate of drug-likeness (QED) is 0.229. The summed E-state index contributed by atoms with van der Waals surface area (Å²) in [5.41, 5.74) is 14.4. The molecule has 12 heteroatoms. The van der Waals surface area contributed by atoms with Gasteiger partial charge in [-0.25, -0.2) is 4.98 Å². The molecule has 0 unspecified atom stereocenters. The van der Waals surface area contributed by atoms with Crippen LogP contribution in [0.25, 0.3) is 0 Å². The molecule has 1 aromatic carbocycles. The fourth-order valence-corrected chi connectivity index (χ4v) is 5.19. The maximum Gasteiger partial charge on any atom is 0.162 e. The zero-order chi connectivity index (χ0) is 27.6. The van der Waals surface area contributed by atoms with Gasteiger partial charge in [-0.15, -0.1) is 0 Å². The van der Waals surface area contributed by atoms with Gasteiger partial charge in [0, 0.05) is 66.7 Å². The molecular weight excluding hydrogens is 527 g/mol. The van der Waals surface area contributed by atoms with Crippen molar-refractivity contribution in [2.24, 2.45) is 5.73 Å². The molecule has 1 aliphatic heterocycles. The van der Waals surface area contributed by atoms with Crippen LogP contribution < -0.4 is 31.2 Å². The lowest BCUT2D eigenvalue weighted by atomic mass is 9.90. The van der Waals surface area contributed by atoms with Crippen molar-refractivity contribution in [3.8, 4) is 17.6 Å². The van der Waals surface area contributed by atoms with E-state index in [0.29, 0.717) is 74.9 Å². The van der Waals surface area contributed by atoms with Crippen LogP contribution in [-0.4, -0.2) is 55.0 Å². The van der Waals surface area contributed by atoms with Crippen LogP contribution in [0, 0.1) is 16.7 Å². The van der Waals surface area contributed by atoms with Gasteiger partial charge < -0.3 is 31.2 Å². The minimum atomic E-state index is -0.558. The molecule has 1 atom stereocenters.